The first-order chi connectivity index (χ1) is 18.2. The summed E-state index contributed by atoms with van der Waals surface area (Å²) in [5, 5.41) is 0.0562. The average molecular weight is 546 g/mol. The van der Waals surface area contributed by atoms with Gasteiger partial charge < -0.3 is 14.5 Å². The highest BCUT2D eigenvalue weighted by Crippen LogP contribution is 2.40. The van der Waals surface area contributed by atoms with Gasteiger partial charge in [-0.1, -0.05) is 48.0 Å². The molecule has 0 aromatic heterocycles. The molecule has 0 radical (unpaired) electrons. The summed E-state index contributed by atoms with van der Waals surface area (Å²) in [5.74, 6) is -1.28. The van der Waals surface area contributed by atoms with Gasteiger partial charge in [0.2, 0.25) is 0 Å². The third-order valence-corrected chi connectivity index (χ3v) is 6.88. The van der Waals surface area contributed by atoms with E-state index in [0.29, 0.717) is 39.3 Å². The largest absolute Gasteiger partial charge is 0.573 e. The van der Waals surface area contributed by atoms with Gasteiger partial charge >= 0.3 is 6.36 Å². The molecule has 0 N–H and O–H groups in total. The molecule has 2 aliphatic heterocycles. The van der Waals surface area contributed by atoms with E-state index in [1.165, 1.54) is 24.3 Å². The highest BCUT2D eigenvalue weighted by atomic mass is 35.5. The smallest absolute Gasteiger partial charge is 0.404 e. The highest BCUT2D eigenvalue weighted by molar-refractivity contribution is 6.30. The second-order valence-corrected chi connectivity index (χ2v) is 9.53. The molecule has 3 aromatic rings. The Kier molecular flexibility index (Phi) is 7.32. The van der Waals surface area contributed by atoms with Crippen molar-refractivity contribution in [3.8, 4) is 5.75 Å². The van der Waals surface area contributed by atoms with Crippen LogP contribution in [0.3, 0.4) is 0 Å². The number of hydrogen-bond donors (Lipinski definition) is 0. The Morgan fingerprint density at radius 2 is 1.71 bits per heavy atom. The first kappa shape index (κ1) is 26.1. The second-order valence-electron chi connectivity index (χ2n) is 9.12. The van der Waals surface area contributed by atoms with Crippen molar-refractivity contribution in [3.05, 3.63) is 94.3 Å². The minimum Gasteiger partial charge on any atom is -0.404 e. The number of hydrogen-bond acceptors (Lipinski definition) is 4. The molecular formula is C28H24ClF4N3O2. The average Bonchev–Trinajstić information content (AvgIpc) is 2.90. The van der Waals surface area contributed by atoms with Crippen LogP contribution in [-0.2, 0) is 6.54 Å². The van der Waals surface area contributed by atoms with Crippen molar-refractivity contribution >= 4 is 35.0 Å². The number of carbonyl (C=O) groups excluding carboxylic acids is 1. The lowest BCUT2D eigenvalue weighted by molar-refractivity contribution is -0.274. The summed E-state index contributed by atoms with van der Waals surface area (Å²) in [6.07, 6.45) is -1.15. The Morgan fingerprint density at radius 1 is 0.947 bits per heavy atom. The molecule has 3 aromatic carbocycles. The molecule has 0 atom stereocenters. The van der Waals surface area contributed by atoms with Crippen LogP contribution in [0.25, 0.3) is 6.08 Å². The minimum atomic E-state index is -4.92. The molecule has 0 aliphatic carbocycles. The molecule has 0 spiro atoms. The molecule has 5 nitrogen and oxygen atoms in total. The number of piperazine rings is 1. The maximum Gasteiger partial charge on any atom is 0.573 e. The van der Waals surface area contributed by atoms with Crippen LogP contribution in [0.4, 0.5) is 28.9 Å². The predicted octanol–water partition coefficient (Wildman–Crippen LogP) is 6.50. The van der Waals surface area contributed by atoms with Crippen LogP contribution in [0.2, 0.25) is 5.02 Å². The Bertz CT molecular complexity index is 1370. The lowest BCUT2D eigenvalue weighted by Gasteiger charge is -2.35. The fraction of sp³-hybridized carbons (Fsp3) is 0.250. The maximum atomic E-state index is 13.4. The van der Waals surface area contributed by atoms with Gasteiger partial charge in [0.05, 0.1) is 10.7 Å². The van der Waals surface area contributed by atoms with Crippen LogP contribution < -0.4 is 9.64 Å². The van der Waals surface area contributed by atoms with E-state index >= 15 is 0 Å². The third-order valence-electron chi connectivity index (χ3n) is 6.59. The molecule has 2 heterocycles. The van der Waals surface area contributed by atoms with E-state index in [1.807, 2.05) is 36.4 Å². The summed E-state index contributed by atoms with van der Waals surface area (Å²) in [7, 11) is 0. The number of amides is 1. The Labute approximate surface area is 222 Å². The molecule has 38 heavy (non-hydrogen) atoms. The van der Waals surface area contributed by atoms with E-state index in [0.717, 1.165) is 16.8 Å². The number of alkyl halides is 3. The van der Waals surface area contributed by atoms with E-state index in [4.69, 9.17) is 11.6 Å². The van der Waals surface area contributed by atoms with Crippen molar-refractivity contribution in [2.24, 2.45) is 0 Å². The zero-order chi connectivity index (χ0) is 26.9. The molecule has 0 bridgehead atoms. The quantitative estimate of drug-likeness (QED) is 0.343. The number of anilines is 2. The van der Waals surface area contributed by atoms with Crippen molar-refractivity contribution < 1.29 is 27.1 Å². The minimum absolute atomic E-state index is 0.0562. The van der Waals surface area contributed by atoms with E-state index in [9.17, 15) is 22.4 Å². The molecule has 1 saturated heterocycles. The molecule has 2 aliphatic rings. The van der Waals surface area contributed by atoms with Crippen LogP contribution in [0.1, 0.15) is 21.5 Å². The first-order valence-corrected chi connectivity index (χ1v) is 12.4. The SMILES string of the molecule is O=C(c1ccc(N2CC=Cc3ccccc32)c(OC(F)(F)F)c1)N1CCN(Cc2ccc(F)c(Cl)c2)CC1. The fourth-order valence-electron chi connectivity index (χ4n) is 4.75. The van der Waals surface area contributed by atoms with Gasteiger partial charge in [-0.2, -0.15) is 0 Å². The zero-order valence-electron chi connectivity index (χ0n) is 20.2. The third kappa shape index (κ3) is 5.79. The summed E-state index contributed by atoms with van der Waals surface area (Å²) >= 11 is 5.87. The van der Waals surface area contributed by atoms with E-state index in [1.54, 1.807) is 21.9 Å². The van der Waals surface area contributed by atoms with Crippen LogP contribution in [0, 0.1) is 5.82 Å². The van der Waals surface area contributed by atoms with E-state index in [-0.39, 0.29) is 22.2 Å². The van der Waals surface area contributed by atoms with Crippen LogP contribution in [-0.4, -0.2) is 54.8 Å². The summed E-state index contributed by atoms with van der Waals surface area (Å²) in [6.45, 7) is 2.82. The summed E-state index contributed by atoms with van der Waals surface area (Å²) < 4.78 is 57.9. The van der Waals surface area contributed by atoms with Crippen LogP contribution in [0.15, 0.2) is 66.7 Å². The predicted molar refractivity (Wildman–Crippen MR) is 138 cm³/mol. The Morgan fingerprint density at radius 3 is 2.45 bits per heavy atom. The number of rotatable bonds is 5. The van der Waals surface area contributed by atoms with Crippen molar-refractivity contribution in [2.45, 2.75) is 12.9 Å². The fourth-order valence-corrected chi connectivity index (χ4v) is 4.95. The molecule has 0 saturated carbocycles. The monoisotopic (exact) mass is 545 g/mol. The maximum absolute atomic E-state index is 13.4. The topological polar surface area (TPSA) is 36.0 Å². The van der Waals surface area contributed by atoms with Gasteiger partial charge in [-0.05, 0) is 47.5 Å². The number of benzene rings is 3. The van der Waals surface area contributed by atoms with Crippen molar-refractivity contribution in [1.82, 2.24) is 9.80 Å². The number of carbonyl (C=O) groups is 1. The van der Waals surface area contributed by atoms with Crippen LogP contribution >= 0.6 is 11.6 Å². The first-order valence-electron chi connectivity index (χ1n) is 12.1. The number of ether oxygens (including phenoxy) is 1. The molecular weight excluding hydrogens is 522 g/mol. The molecule has 198 valence electrons. The lowest BCUT2D eigenvalue weighted by atomic mass is 10.1. The van der Waals surface area contributed by atoms with Gasteiger partial charge in [-0.15, -0.1) is 13.2 Å². The summed E-state index contributed by atoms with van der Waals surface area (Å²) in [6, 6.07) is 16.1. The molecule has 10 heteroatoms. The molecule has 1 fully saturated rings. The number of fused-ring (bicyclic) bond motifs is 1. The van der Waals surface area contributed by atoms with Crippen LogP contribution in [0.5, 0.6) is 5.75 Å². The van der Waals surface area contributed by atoms with E-state index < -0.39 is 17.9 Å². The standard InChI is InChI=1S/C28H24ClF4N3O2/c29-22-16-19(7-9-23(22)30)18-34-12-14-35(15-13-34)27(37)21-8-10-25(26(17-21)38-28(31,32)33)36-11-3-5-20-4-1-2-6-24(20)36/h1-10,16-17H,11-15,18H2. The summed E-state index contributed by atoms with van der Waals surface area (Å²) in [4.78, 5) is 18.7. The highest BCUT2D eigenvalue weighted by Gasteiger charge is 2.34. The normalized spacial score (nSPS) is 15.9. The molecule has 5 rings (SSSR count). The zero-order valence-corrected chi connectivity index (χ0v) is 21.0. The number of nitrogens with zero attached hydrogens (tertiary/aromatic N) is 3. The number of halogens is 5. The van der Waals surface area contributed by atoms with Crippen molar-refractivity contribution in [1.29, 1.82) is 0 Å². The summed E-state index contributed by atoms with van der Waals surface area (Å²) in [5.41, 5.74) is 2.82. The van der Waals surface area contributed by atoms with Gasteiger partial charge in [0.25, 0.3) is 5.91 Å². The van der Waals surface area contributed by atoms with Gasteiger partial charge in [-0.25, -0.2) is 4.39 Å². The lowest BCUT2D eigenvalue weighted by Crippen LogP contribution is -2.48. The van der Waals surface area contributed by atoms with Crippen molar-refractivity contribution in [2.75, 3.05) is 37.6 Å². The van der Waals surface area contributed by atoms with Gasteiger partial charge in [-0.3, -0.25) is 9.69 Å². The van der Waals surface area contributed by atoms with Gasteiger partial charge in [0.15, 0.2) is 5.75 Å². The Hall–Kier alpha value is -3.56. The second kappa shape index (κ2) is 10.7. The van der Waals surface area contributed by atoms with Crippen molar-refractivity contribution in [3.63, 3.8) is 0 Å². The van der Waals surface area contributed by atoms with Gasteiger partial charge in [0.1, 0.15) is 5.82 Å². The molecule has 1 amide bonds. The van der Waals surface area contributed by atoms with E-state index in [2.05, 4.69) is 9.64 Å². The molecule has 0 unspecified atom stereocenters. The number of para-hydroxylation sites is 1. The van der Waals surface area contributed by atoms with Gasteiger partial charge in [0, 0.05) is 50.5 Å². The Balaban J connectivity index is 1.32.